The highest BCUT2D eigenvalue weighted by molar-refractivity contribution is 5.97. The summed E-state index contributed by atoms with van der Waals surface area (Å²) in [4.78, 5) is 25.7. The zero-order valence-electron chi connectivity index (χ0n) is 13.0. The first-order valence-corrected chi connectivity index (χ1v) is 7.24. The van der Waals surface area contributed by atoms with Gasteiger partial charge in [0.25, 0.3) is 0 Å². The van der Waals surface area contributed by atoms with Crippen LogP contribution in [0.4, 0.5) is 4.79 Å². The predicted molar refractivity (Wildman–Crippen MR) is 79.6 cm³/mol. The van der Waals surface area contributed by atoms with Crippen molar-refractivity contribution in [2.24, 2.45) is 5.92 Å². The lowest BCUT2D eigenvalue weighted by Gasteiger charge is -2.26. The van der Waals surface area contributed by atoms with Gasteiger partial charge in [0.2, 0.25) is 5.91 Å². The summed E-state index contributed by atoms with van der Waals surface area (Å²) in [6.45, 7) is 3.67. The zero-order valence-corrected chi connectivity index (χ0v) is 13.0. The number of amides is 2. The fourth-order valence-electron chi connectivity index (χ4n) is 2.51. The number of imide groups is 1. The van der Waals surface area contributed by atoms with Crippen LogP contribution in [0.2, 0.25) is 0 Å². The quantitative estimate of drug-likeness (QED) is 0.897. The van der Waals surface area contributed by atoms with Crippen LogP contribution in [-0.2, 0) is 9.53 Å². The van der Waals surface area contributed by atoms with Gasteiger partial charge in [0.1, 0.15) is 12.4 Å². The molecule has 1 N–H and O–H groups in total. The normalized spacial score (nSPS) is 19.2. The number of cyclic esters (lactones) is 1. The number of carbonyl (C=O) groups is 2. The van der Waals surface area contributed by atoms with Crippen LogP contribution >= 0.6 is 0 Å². The van der Waals surface area contributed by atoms with Crippen molar-refractivity contribution >= 4 is 12.0 Å². The Hall–Kier alpha value is -2.08. The highest BCUT2D eigenvalue weighted by atomic mass is 16.6. The first kappa shape index (κ1) is 16.3. The number of ether oxygens (including phenoxy) is 2. The first-order chi connectivity index (χ1) is 10.5. The molecule has 1 aromatic carbocycles. The van der Waals surface area contributed by atoms with Crippen molar-refractivity contribution < 1.29 is 24.2 Å². The molecule has 1 aliphatic rings. The minimum absolute atomic E-state index is 0.0885. The average molecular weight is 307 g/mol. The summed E-state index contributed by atoms with van der Waals surface area (Å²) in [7, 11) is 1.55. The third-order valence-corrected chi connectivity index (χ3v) is 3.91. The second-order valence-corrected chi connectivity index (χ2v) is 5.60. The molecule has 1 aliphatic heterocycles. The van der Waals surface area contributed by atoms with E-state index >= 15 is 0 Å². The maximum atomic E-state index is 12.7. The van der Waals surface area contributed by atoms with Gasteiger partial charge in [0.05, 0.1) is 25.7 Å². The number of hydrogen-bond acceptors (Lipinski definition) is 5. The molecule has 0 radical (unpaired) electrons. The van der Waals surface area contributed by atoms with E-state index in [1.165, 1.54) is 0 Å². The van der Waals surface area contributed by atoms with Crippen LogP contribution in [0.25, 0.3) is 0 Å². The first-order valence-electron chi connectivity index (χ1n) is 7.24. The van der Waals surface area contributed by atoms with Crippen LogP contribution < -0.4 is 4.74 Å². The van der Waals surface area contributed by atoms with Gasteiger partial charge in [-0.25, -0.2) is 9.69 Å². The molecule has 1 heterocycles. The van der Waals surface area contributed by atoms with Gasteiger partial charge < -0.3 is 14.6 Å². The van der Waals surface area contributed by atoms with E-state index in [0.29, 0.717) is 11.3 Å². The molecule has 2 rings (SSSR count). The number of methoxy groups -OCH3 is 1. The Balaban J connectivity index is 2.25. The fourth-order valence-corrected chi connectivity index (χ4v) is 2.51. The number of carbonyl (C=O) groups excluding carboxylic acids is 2. The molecule has 0 aliphatic carbocycles. The molecule has 22 heavy (non-hydrogen) atoms. The van der Waals surface area contributed by atoms with Gasteiger partial charge in [-0.1, -0.05) is 26.0 Å². The van der Waals surface area contributed by atoms with E-state index in [9.17, 15) is 14.7 Å². The van der Waals surface area contributed by atoms with Crippen molar-refractivity contribution in [2.45, 2.75) is 25.8 Å². The Morgan fingerprint density at radius 1 is 1.41 bits per heavy atom. The highest BCUT2D eigenvalue weighted by Gasteiger charge is 2.42. The van der Waals surface area contributed by atoms with Gasteiger partial charge in [-0.2, -0.15) is 0 Å². The monoisotopic (exact) mass is 307 g/mol. The third-order valence-electron chi connectivity index (χ3n) is 3.91. The summed E-state index contributed by atoms with van der Waals surface area (Å²) in [5.41, 5.74) is 0.635. The lowest BCUT2D eigenvalue weighted by Crippen LogP contribution is -2.44. The Morgan fingerprint density at radius 2 is 2.05 bits per heavy atom. The van der Waals surface area contributed by atoms with E-state index in [4.69, 9.17) is 9.47 Å². The molecule has 2 amide bonds. The number of rotatable bonds is 5. The Labute approximate surface area is 129 Å². The van der Waals surface area contributed by atoms with E-state index in [-0.39, 0.29) is 25.2 Å². The van der Waals surface area contributed by atoms with Crippen molar-refractivity contribution in [3.63, 3.8) is 0 Å². The molecule has 1 saturated heterocycles. The number of benzene rings is 1. The number of hydrogen-bond donors (Lipinski definition) is 1. The van der Waals surface area contributed by atoms with E-state index < -0.39 is 17.9 Å². The van der Waals surface area contributed by atoms with Crippen molar-refractivity contribution in [3.8, 4) is 5.75 Å². The van der Waals surface area contributed by atoms with Gasteiger partial charge >= 0.3 is 6.09 Å². The molecule has 6 nitrogen and oxygen atoms in total. The predicted octanol–water partition coefficient (Wildman–Crippen LogP) is 1.77. The van der Waals surface area contributed by atoms with E-state index in [0.717, 1.165) is 4.90 Å². The molecule has 0 unspecified atom stereocenters. The molecular weight excluding hydrogens is 286 g/mol. The van der Waals surface area contributed by atoms with Crippen LogP contribution in [0.5, 0.6) is 5.75 Å². The van der Waals surface area contributed by atoms with Gasteiger partial charge in [0.15, 0.2) is 0 Å². The topological polar surface area (TPSA) is 76.1 Å². The summed E-state index contributed by atoms with van der Waals surface area (Å²) in [6, 6.07) is 6.56. The number of aliphatic hydroxyl groups excluding tert-OH is 1. The van der Waals surface area contributed by atoms with Gasteiger partial charge in [-0.05, 0) is 23.6 Å². The molecule has 1 fully saturated rings. The molecule has 6 heteroatoms. The molecule has 0 aromatic heterocycles. The molecule has 0 bridgehead atoms. The summed E-state index contributed by atoms with van der Waals surface area (Å²) in [5.74, 6) is -0.481. The summed E-state index contributed by atoms with van der Waals surface area (Å²) in [5, 5.41) is 9.62. The van der Waals surface area contributed by atoms with Crippen molar-refractivity contribution in [1.29, 1.82) is 0 Å². The van der Waals surface area contributed by atoms with Crippen molar-refractivity contribution in [3.05, 3.63) is 29.8 Å². The van der Waals surface area contributed by atoms with Crippen LogP contribution in [0.1, 0.15) is 25.3 Å². The van der Waals surface area contributed by atoms with E-state index in [2.05, 4.69) is 0 Å². The maximum Gasteiger partial charge on any atom is 0.417 e. The molecule has 120 valence electrons. The SMILES string of the molecule is COc1ccc([C@@H](CO)C(=O)N2C(=O)OC[C@H]2C(C)C)cc1. The maximum absolute atomic E-state index is 12.7. The Bertz CT molecular complexity index is 540. The van der Waals surface area contributed by atoms with Gasteiger partial charge in [-0.15, -0.1) is 0 Å². The van der Waals surface area contributed by atoms with Gasteiger partial charge in [0, 0.05) is 0 Å². The lowest BCUT2D eigenvalue weighted by atomic mass is 9.96. The van der Waals surface area contributed by atoms with Crippen LogP contribution in [0, 0.1) is 5.92 Å². The lowest BCUT2D eigenvalue weighted by molar-refractivity contribution is -0.132. The van der Waals surface area contributed by atoms with Crippen LogP contribution in [0.3, 0.4) is 0 Å². The molecule has 1 aromatic rings. The van der Waals surface area contributed by atoms with E-state index in [1.807, 2.05) is 13.8 Å². The number of aliphatic hydroxyl groups is 1. The van der Waals surface area contributed by atoms with E-state index in [1.54, 1.807) is 31.4 Å². The molecular formula is C16H21NO5. The van der Waals surface area contributed by atoms with Crippen LogP contribution in [0.15, 0.2) is 24.3 Å². The largest absolute Gasteiger partial charge is 0.497 e. The Morgan fingerprint density at radius 3 is 2.55 bits per heavy atom. The standard InChI is InChI=1S/C16H21NO5/c1-10(2)14-9-22-16(20)17(14)15(19)13(8-18)11-4-6-12(21-3)7-5-11/h4-7,10,13-14,18H,8-9H2,1-3H3/t13-,14+/m1/s1. The summed E-state index contributed by atoms with van der Waals surface area (Å²) in [6.07, 6.45) is -0.643. The molecule has 0 spiro atoms. The highest BCUT2D eigenvalue weighted by Crippen LogP contribution is 2.27. The average Bonchev–Trinajstić information content (AvgIpc) is 2.90. The molecule has 2 atom stereocenters. The number of nitrogens with zero attached hydrogens (tertiary/aromatic N) is 1. The summed E-state index contributed by atoms with van der Waals surface area (Å²) < 4.78 is 10.1. The second-order valence-electron chi connectivity index (χ2n) is 5.60. The Kier molecular flexibility index (Phi) is 5.03. The minimum atomic E-state index is -0.794. The minimum Gasteiger partial charge on any atom is -0.497 e. The smallest absolute Gasteiger partial charge is 0.417 e. The molecule has 0 saturated carbocycles. The van der Waals surface area contributed by atoms with Crippen molar-refractivity contribution in [1.82, 2.24) is 4.90 Å². The fraction of sp³-hybridized carbons (Fsp3) is 0.500. The summed E-state index contributed by atoms with van der Waals surface area (Å²) >= 11 is 0. The van der Waals surface area contributed by atoms with Crippen LogP contribution in [-0.4, -0.2) is 48.4 Å². The van der Waals surface area contributed by atoms with Crippen molar-refractivity contribution in [2.75, 3.05) is 20.3 Å². The zero-order chi connectivity index (χ0) is 16.3. The third kappa shape index (κ3) is 3.06. The second kappa shape index (κ2) is 6.79. The van der Waals surface area contributed by atoms with Gasteiger partial charge in [-0.3, -0.25) is 4.79 Å².